The number of halogens is 1. The molecule has 0 fully saturated rings. The van der Waals surface area contributed by atoms with Gasteiger partial charge in [0.2, 0.25) is 0 Å². The zero-order valence-corrected chi connectivity index (χ0v) is 11.3. The van der Waals surface area contributed by atoms with E-state index in [4.69, 9.17) is 0 Å². The van der Waals surface area contributed by atoms with Gasteiger partial charge >= 0.3 is 0 Å². The summed E-state index contributed by atoms with van der Waals surface area (Å²) >= 11 is 0. The summed E-state index contributed by atoms with van der Waals surface area (Å²) in [5.74, 6) is -0.154. The van der Waals surface area contributed by atoms with Gasteiger partial charge in [0, 0.05) is 12.6 Å². The molecule has 0 heterocycles. The van der Waals surface area contributed by atoms with E-state index in [9.17, 15) is 4.39 Å². The van der Waals surface area contributed by atoms with E-state index in [1.165, 1.54) is 5.56 Å². The largest absolute Gasteiger partial charge is 0.313 e. The van der Waals surface area contributed by atoms with Crippen LogP contribution in [0.2, 0.25) is 0 Å². The van der Waals surface area contributed by atoms with Crippen molar-refractivity contribution in [2.75, 3.05) is 27.2 Å². The molecule has 2 nitrogen and oxygen atoms in total. The molecular formula is C14H23FN2. The number of benzene rings is 1. The van der Waals surface area contributed by atoms with Crippen molar-refractivity contribution >= 4 is 0 Å². The first-order valence-electron chi connectivity index (χ1n) is 6.16. The SMILES string of the molecule is CCNC(Cc1ccc(F)cc1C)CN(C)C. The van der Waals surface area contributed by atoms with E-state index in [0.29, 0.717) is 6.04 Å². The van der Waals surface area contributed by atoms with Gasteiger partial charge in [-0.15, -0.1) is 0 Å². The lowest BCUT2D eigenvalue weighted by molar-refractivity contribution is 0.339. The average molecular weight is 238 g/mol. The average Bonchev–Trinajstić information content (AvgIpc) is 2.21. The molecule has 1 atom stereocenters. The molecule has 1 aromatic carbocycles. The molecule has 0 aliphatic heterocycles. The van der Waals surface area contributed by atoms with Crippen LogP contribution in [-0.2, 0) is 6.42 Å². The minimum atomic E-state index is -0.154. The second-order valence-electron chi connectivity index (χ2n) is 4.79. The summed E-state index contributed by atoms with van der Waals surface area (Å²) in [5.41, 5.74) is 2.26. The Balaban J connectivity index is 2.71. The Morgan fingerprint density at radius 2 is 2.06 bits per heavy atom. The number of nitrogens with zero attached hydrogens (tertiary/aromatic N) is 1. The predicted octanol–water partition coefficient (Wildman–Crippen LogP) is 2.22. The van der Waals surface area contributed by atoms with Gasteiger partial charge in [-0.2, -0.15) is 0 Å². The minimum absolute atomic E-state index is 0.154. The van der Waals surface area contributed by atoms with Crippen LogP contribution in [0.15, 0.2) is 18.2 Å². The highest BCUT2D eigenvalue weighted by atomic mass is 19.1. The molecule has 17 heavy (non-hydrogen) atoms. The summed E-state index contributed by atoms with van der Waals surface area (Å²) in [6, 6.07) is 5.46. The smallest absolute Gasteiger partial charge is 0.123 e. The van der Waals surface area contributed by atoms with E-state index < -0.39 is 0 Å². The molecule has 0 spiro atoms. The molecule has 0 amide bonds. The van der Waals surface area contributed by atoms with Gasteiger partial charge in [0.15, 0.2) is 0 Å². The lowest BCUT2D eigenvalue weighted by atomic mass is 10.0. The fraction of sp³-hybridized carbons (Fsp3) is 0.571. The van der Waals surface area contributed by atoms with Crippen molar-refractivity contribution in [3.05, 3.63) is 35.1 Å². The molecule has 0 saturated heterocycles. The fourth-order valence-electron chi connectivity index (χ4n) is 2.08. The quantitative estimate of drug-likeness (QED) is 0.817. The standard InChI is InChI=1S/C14H23FN2/c1-5-16-14(10-17(3)4)9-12-6-7-13(15)8-11(12)2/h6-8,14,16H,5,9-10H2,1-4H3. The van der Waals surface area contributed by atoms with E-state index in [-0.39, 0.29) is 5.82 Å². The van der Waals surface area contributed by atoms with E-state index in [2.05, 4.69) is 31.2 Å². The van der Waals surface area contributed by atoms with Gasteiger partial charge in [-0.05, 0) is 57.2 Å². The van der Waals surface area contributed by atoms with Gasteiger partial charge in [-0.25, -0.2) is 4.39 Å². The summed E-state index contributed by atoms with van der Waals surface area (Å²) in [6.45, 7) is 6.03. The Morgan fingerprint density at radius 1 is 1.35 bits per heavy atom. The summed E-state index contributed by atoms with van der Waals surface area (Å²) in [7, 11) is 4.14. The first-order chi connectivity index (χ1) is 8.02. The predicted molar refractivity (Wildman–Crippen MR) is 70.9 cm³/mol. The Kier molecular flexibility index (Phi) is 5.59. The zero-order chi connectivity index (χ0) is 12.8. The van der Waals surface area contributed by atoms with Gasteiger partial charge in [0.1, 0.15) is 5.82 Å². The molecule has 0 aliphatic carbocycles. The van der Waals surface area contributed by atoms with Crippen molar-refractivity contribution in [2.45, 2.75) is 26.3 Å². The zero-order valence-electron chi connectivity index (χ0n) is 11.3. The number of rotatable bonds is 6. The van der Waals surface area contributed by atoms with Crippen LogP contribution in [0.25, 0.3) is 0 Å². The maximum Gasteiger partial charge on any atom is 0.123 e. The van der Waals surface area contributed by atoms with Gasteiger partial charge < -0.3 is 10.2 Å². The number of likely N-dealkylation sites (N-methyl/N-ethyl adjacent to an activating group) is 2. The molecule has 0 radical (unpaired) electrons. The van der Waals surface area contributed by atoms with Crippen LogP contribution in [0.3, 0.4) is 0 Å². The molecule has 3 heteroatoms. The van der Waals surface area contributed by atoms with E-state index >= 15 is 0 Å². The monoisotopic (exact) mass is 238 g/mol. The highest BCUT2D eigenvalue weighted by Crippen LogP contribution is 2.12. The molecule has 0 aliphatic rings. The topological polar surface area (TPSA) is 15.3 Å². The number of nitrogens with one attached hydrogen (secondary N) is 1. The Labute approximate surface area is 104 Å². The molecule has 1 aromatic rings. The first kappa shape index (κ1) is 14.1. The van der Waals surface area contributed by atoms with Crippen LogP contribution >= 0.6 is 0 Å². The van der Waals surface area contributed by atoms with Gasteiger partial charge in [-0.1, -0.05) is 13.0 Å². The van der Waals surface area contributed by atoms with Gasteiger partial charge in [0.05, 0.1) is 0 Å². The lowest BCUT2D eigenvalue weighted by Gasteiger charge is -2.22. The molecule has 96 valence electrons. The van der Waals surface area contributed by atoms with Crippen LogP contribution < -0.4 is 5.32 Å². The third-order valence-electron chi connectivity index (χ3n) is 2.85. The van der Waals surface area contributed by atoms with Crippen LogP contribution in [0.4, 0.5) is 4.39 Å². The molecule has 1 unspecified atom stereocenters. The summed E-state index contributed by atoms with van der Waals surface area (Å²) in [6.07, 6.45) is 0.943. The van der Waals surface area contributed by atoms with Gasteiger partial charge in [0.25, 0.3) is 0 Å². The minimum Gasteiger partial charge on any atom is -0.313 e. The van der Waals surface area contributed by atoms with Gasteiger partial charge in [-0.3, -0.25) is 0 Å². The number of hydrogen-bond donors (Lipinski definition) is 1. The normalized spacial score (nSPS) is 13.1. The van der Waals surface area contributed by atoms with E-state index in [0.717, 1.165) is 25.1 Å². The third-order valence-corrected chi connectivity index (χ3v) is 2.85. The van der Waals surface area contributed by atoms with Crippen molar-refractivity contribution in [3.63, 3.8) is 0 Å². The van der Waals surface area contributed by atoms with Crippen LogP contribution in [0.5, 0.6) is 0 Å². The molecule has 0 aromatic heterocycles. The van der Waals surface area contributed by atoms with Crippen molar-refractivity contribution in [3.8, 4) is 0 Å². The van der Waals surface area contributed by atoms with Crippen molar-refractivity contribution in [1.82, 2.24) is 10.2 Å². The van der Waals surface area contributed by atoms with Crippen molar-refractivity contribution < 1.29 is 4.39 Å². The van der Waals surface area contributed by atoms with E-state index in [1.807, 2.05) is 13.0 Å². The Bertz CT molecular complexity index is 350. The van der Waals surface area contributed by atoms with E-state index in [1.54, 1.807) is 12.1 Å². The second kappa shape index (κ2) is 6.72. The molecule has 1 N–H and O–H groups in total. The maximum absolute atomic E-state index is 13.0. The maximum atomic E-state index is 13.0. The van der Waals surface area contributed by atoms with Crippen LogP contribution in [-0.4, -0.2) is 38.1 Å². The Morgan fingerprint density at radius 3 is 2.59 bits per heavy atom. The molecule has 0 bridgehead atoms. The van der Waals surface area contributed by atoms with Crippen molar-refractivity contribution in [1.29, 1.82) is 0 Å². The lowest BCUT2D eigenvalue weighted by Crippen LogP contribution is -2.39. The molecular weight excluding hydrogens is 215 g/mol. The fourth-order valence-corrected chi connectivity index (χ4v) is 2.08. The number of aryl methyl sites for hydroxylation is 1. The molecule has 0 saturated carbocycles. The first-order valence-corrected chi connectivity index (χ1v) is 6.16. The second-order valence-corrected chi connectivity index (χ2v) is 4.79. The summed E-state index contributed by atoms with van der Waals surface area (Å²) in [4.78, 5) is 2.17. The third kappa shape index (κ3) is 4.84. The van der Waals surface area contributed by atoms with Crippen LogP contribution in [0.1, 0.15) is 18.1 Å². The van der Waals surface area contributed by atoms with Crippen molar-refractivity contribution in [2.24, 2.45) is 0 Å². The number of hydrogen-bond acceptors (Lipinski definition) is 2. The molecule has 1 rings (SSSR count). The highest BCUT2D eigenvalue weighted by Gasteiger charge is 2.11. The highest BCUT2D eigenvalue weighted by molar-refractivity contribution is 5.27. The summed E-state index contributed by atoms with van der Waals surface area (Å²) in [5, 5.41) is 3.47. The summed E-state index contributed by atoms with van der Waals surface area (Å²) < 4.78 is 13.0. The Hall–Kier alpha value is -0.930. The van der Waals surface area contributed by atoms with Crippen LogP contribution in [0, 0.1) is 12.7 Å².